The molecule has 8 atom stereocenters. The van der Waals surface area contributed by atoms with Crippen molar-refractivity contribution in [3.8, 4) is 0 Å². The summed E-state index contributed by atoms with van der Waals surface area (Å²) in [4.78, 5) is 26.7. The van der Waals surface area contributed by atoms with Crippen molar-refractivity contribution in [2.75, 3.05) is 13.2 Å². The number of allylic oxidation sites excluding steroid dienone is 9. The van der Waals surface area contributed by atoms with Crippen LogP contribution in [0.4, 0.5) is 0 Å². The molecule has 0 bridgehead atoms. The molecule has 6 N–H and O–H groups in total. The van der Waals surface area contributed by atoms with Crippen LogP contribution in [0.25, 0.3) is 0 Å². The number of carbonyl (C=O) groups is 2. The first kappa shape index (κ1) is 79.4. The van der Waals surface area contributed by atoms with Crippen LogP contribution in [0.1, 0.15) is 329 Å². The van der Waals surface area contributed by atoms with Crippen molar-refractivity contribution < 1.29 is 49.3 Å². The average molecular weight is 1180 g/mol. The Labute approximate surface area is 516 Å². The number of esters is 1. The first-order chi connectivity index (χ1) is 41.2. The maximum Gasteiger partial charge on any atom is 0.306 e. The molecule has 1 heterocycles. The maximum absolute atomic E-state index is 13.5. The normalized spacial score (nSPS) is 18.8. The molecule has 0 aromatic carbocycles. The minimum absolute atomic E-state index is 0.119. The Hall–Kier alpha value is -2.64. The highest BCUT2D eigenvalue weighted by molar-refractivity contribution is 5.80. The Balaban J connectivity index is 2.58. The van der Waals surface area contributed by atoms with Crippen LogP contribution in [-0.2, 0) is 23.8 Å². The Kier molecular flexibility index (Phi) is 57.3. The van der Waals surface area contributed by atoms with Gasteiger partial charge in [0, 0.05) is 6.42 Å². The predicted octanol–water partition coefficient (Wildman–Crippen LogP) is 18.1. The Morgan fingerprint density at radius 3 is 1.26 bits per heavy atom. The lowest BCUT2D eigenvalue weighted by molar-refractivity contribution is -0.305. The molecule has 0 saturated carbocycles. The SMILES string of the molecule is CCCCC/C=C\C/C=C\C/C=C\CCCCCCCCCCCCC(=O)OC1C(OCC(NC(=O)C(O)CCCCCCCCCCCC/C=C/CCCCCCCC)C(O)/C=C/CCCCCCCCCCCC)OC(CO)C(O)C1O. The van der Waals surface area contributed by atoms with Gasteiger partial charge >= 0.3 is 5.97 Å². The second-order valence-electron chi connectivity index (χ2n) is 24.6. The number of rotatable bonds is 61. The third kappa shape index (κ3) is 47.4. The zero-order valence-corrected chi connectivity index (χ0v) is 54.5. The lowest BCUT2D eigenvalue weighted by Gasteiger charge is -2.41. The molecule has 0 radical (unpaired) electrons. The smallest absolute Gasteiger partial charge is 0.306 e. The van der Waals surface area contributed by atoms with Gasteiger partial charge in [-0.2, -0.15) is 0 Å². The molecule has 0 aromatic rings. The van der Waals surface area contributed by atoms with Crippen LogP contribution < -0.4 is 5.32 Å². The van der Waals surface area contributed by atoms with Gasteiger partial charge in [0.25, 0.3) is 0 Å². The zero-order valence-electron chi connectivity index (χ0n) is 54.5. The minimum Gasteiger partial charge on any atom is -0.454 e. The number of ether oxygens (including phenoxy) is 3. The van der Waals surface area contributed by atoms with Gasteiger partial charge in [-0.25, -0.2) is 0 Å². The number of hydrogen-bond donors (Lipinski definition) is 6. The van der Waals surface area contributed by atoms with E-state index in [9.17, 15) is 35.1 Å². The molecule has 11 heteroatoms. The van der Waals surface area contributed by atoms with Crippen molar-refractivity contribution in [1.82, 2.24) is 5.32 Å². The van der Waals surface area contributed by atoms with E-state index < -0.39 is 67.4 Å². The molecule has 1 aliphatic rings. The van der Waals surface area contributed by atoms with Crippen molar-refractivity contribution in [2.24, 2.45) is 0 Å². The summed E-state index contributed by atoms with van der Waals surface area (Å²) < 4.78 is 17.7. The summed E-state index contributed by atoms with van der Waals surface area (Å²) >= 11 is 0. The molecular weight excluding hydrogens is 1050 g/mol. The summed E-state index contributed by atoms with van der Waals surface area (Å²) in [6.07, 6.45) is 66.8. The lowest BCUT2D eigenvalue weighted by Crippen LogP contribution is -2.61. The van der Waals surface area contributed by atoms with E-state index in [0.29, 0.717) is 19.3 Å². The molecule has 0 spiro atoms. The van der Waals surface area contributed by atoms with Crippen LogP contribution in [0.3, 0.4) is 0 Å². The molecule has 11 nitrogen and oxygen atoms in total. The van der Waals surface area contributed by atoms with E-state index in [4.69, 9.17) is 14.2 Å². The summed E-state index contributed by atoms with van der Waals surface area (Å²) in [6, 6.07) is -1.03. The number of carbonyl (C=O) groups excluding carboxylic acids is 2. The van der Waals surface area contributed by atoms with Crippen LogP contribution in [0.15, 0.2) is 60.8 Å². The molecule has 1 saturated heterocycles. The first-order valence-electron chi connectivity index (χ1n) is 35.6. The molecule has 490 valence electrons. The zero-order chi connectivity index (χ0) is 61.0. The van der Waals surface area contributed by atoms with Crippen LogP contribution in [0.5, 0.6) is 0 Å². The highest BCUT2D eigenvalue weighted by atomic mass is 16.7. The number of nitrogens with one attached hydrogen (secondary N) is 1. The van der Waals surface area contributed by atoms with E-state index in [0.717, 1.165) is 77.0 Å². The fourth-order valence-corrected chi connectivity index (χ4v) is 11.0. The summed E-state index contributed by atoms with van der Waals surface area (Å²) in [5.74, 6) is -1.19. The van der Waals surface area contributed by atoms with Crippen molar-refractivity contribution in [3.05, 3.63) is 60.8 Å². The van der Waals surface area contributed by atoms with Gasteiger partial charge < -0.3 is 45.1 Å². The molecule has 1 fully saturated rings. The Bertz CT molecular complexity index is 1600. The molecular formula is C73H133NO10. The molecule has 0 aromatic heterocycles. The third-order valence-electron chi connectivity index (χ3n) is 16.6. The fraction of sp³-hybridized carbons (Fsp3) is 0.836. The van der Waals surface area contributed by atoms with Crippen molar-refractivity contribution in [2.45, 2.75) is 378 Å². The summed E-state index contributed by atoms with van der Waals surface area (Å²) in [6.45, 7) is 5.79. The van der Waals surface area contributed by atoms with Gasteiger partial charge in [0.15, 0.2) is 12.4 Å². The summed E-state index contributed by atoms with van der Waals surface area (Å²) in [7, 11) is 0. The Morgan fingerprint density at radius 1 is 0.464 bits per heavy atom. The Morgan fingerprint density at radius 2 is 0.821 bits per heavy atom. The lowest BCUT2D eigenvalue weighted by atomic mass is 9.99. The number of unbranched alkanes of at least 4 members (excludes halogenated alkanes) is 39. The summed E-state index contributed by atoms with van der Waals surface area (Å²) in [5.41, 5.74) is 0. The van der Waals surface area contributed by atoms with Crippen LogP contribution in [0.2, 0.25) is 0 Å². The second-order valence-corrected chi connectivity index (χ2v) is 24.6. The van der Waals surface area contributed by atoms with E-state index >= 15 is 0 Å². The monoisotopic (exact) mass is 1180 g/mol. The van der Waals surface area contributed by atoms with E-state index in [1.807, 2.05) is 6.08 Å². The second kappa shape index (κ2) is 60.6. The molecule has 1 rings (SSSR count). The van der Waals surface area contributed by atoms with E-state index in [1.165, 1.54) is 205 Å². The number of hydrogen-bond acceptors (Lipinski definition) is 10. The third-order valence-corrected chi connectivity index (χ3v) is 16.6. The molecule has 1 amide bonds. The highest BCUT2D eigenvalue weighted by Crippen LogP contribution is 2.26. The van der Waals surface area contributed by atoms with Crippen LogP contribution >= 0.6 is 0 Å². The molecule has 0 aliphatic carbocycles. The largest absolute Gasteiger partial charge is 0.454 e. The van der Waals surface area contributed by atoms with E-state index in [2.05, 4.69) is 74.7 Å². The number of amides is 1. The molecule has 1 aliphatic heterocycles. The van der Waals surface area contributed by atoms with Crippen molar-refractivity contribution in [3.63, 3.8) is 0 Å². The van der Waals surface area contributed by atoms with Crippen LogP contribution in [-0.4, -0.2) is 99.6 Å². The highest BCUT2D eigenvalue weighted by Gasteiger charge is 2.47. The number of aliphatic hydroxyl groups excluding tert-OH is 5. The van der Waals surface area contributed by atoms with Gasteiger partial charge in [-0.05, 0) is 89.9 Å². The standard InChI is InChI=1S/C73H133NO10/c1-4-7-10-13-16-19-22-25-27-29-31-33-34-35-37-39-41-43-46-49-52-55-58-61-68(78)84-71-70(80)69(79)67(62-75)83-73(71)82-63-64(65(76)59-56-53-50-47-44-24-21-18-15-12-9-6-3)74-72(81)66(77)60-57-54-51-48-45-42-40-38-36-32-30-28-26-23-20-17-14-11-8-5-2/h16,19,25-28,31,33,56,59,64-67,69-71,73,75-77,79-80H,4-15,17-18,20-24,29-30,32,34-55,57-58,60-63H2,1-3H3,(H,74,81)/b19-16-,27-25-,28-26+,33-31-,59-56+. The fourth-order valence-electron chi connectivity index (χ4n) is 11.0. The van der Waals surface area contributed by atoms with Gasteiger partial charge in [0.1, 0.15) is 24.4 Å². The quantitative estimate of drug-likeness (QED) is 0.0195. The van der Waals surface area contributed by atoms with Crippen molar-refractivity contribution >= 4 is 11.9 Å². The van der Waals surface area contributed by atoms with Gasteiger partial charge in [-0.3, -0.25) is 9.59 Å². The number of aliphatic hydroxyl groups is 5. The van der Waals surface area contributed by atoms with E-state index in [1.54, 1.807) is 6.08 Å². The molecule has 84 heavy (non-hydrogen) atoms. The first-order valence-corrected chi connectivity index (χ1v) is 35.6. The van der Waals surface area contributed by atoms with Gasteiger partial charge in [0.05, 0.1) is 25.4 Å². The van der Waals surface area contributed by atoms with Crippen molar-refractivity contribution in [1.29, 1.82) is 0 Å². The summed E-state index contributed by atoms with van der Waals surface area (Å²) in [5, 5.41) is 57.2. The van der Waals surface area contributed by atoms with Crippen LogP contribution in [0, 0.1) is 0 Å². The van der Waals surface area contributed by atoms with Gasteiger partial charge in [0.2, 0.25) is 5.91 Å². The van der Waals surface area contributed by atoms with E-state index in [-0.39, 0.29) is 13.0 Å². The molecule has 8 unspecified atom stereocenters. The average Bonchev–Trinajstić information content (AvgIpc) is 3.65. The van der Waals surface area contributed by atoms with Gasteiger partial charge in [-0.15, -0.1) is 0 Å². The topological polar surface area (TPSA) is 175 Å². The van der Waals surface area contributed by atoms with Gasteiger partial charge in [-0.1, -0.05) is 293 Å². The predicted molar refractivity (Wildman–Crippen MR) is 352 cm³/mol. The maximum atomic E-state index is 13.5. The minimum atomic E-state index is -1.62.